The Labute approximate surface area is 170 Å². The van der Waals surface area contributed by atoms with Gasteiger partial charge in [0.15, 0.2) is 9.84 Å². The first-order chi connectivity index (χ1) is 13.9. The molecule has 0 aromatic carbocycles. The number of nitrogens with one attached hydrogen (secondary N) is 1. The van der Waals surface area contributed by atoms with Crippen LogP contribution in [0.2, 0.25) is 0 Å². The van der Waals surface area contributed by atoms with Crippen LogP contribution in [0.5, 0.6) is 0 Å². The Hall–Kier alpha value is -2.67. The SMILES string of the molecule is Cc1cc(NC(=O)CSc2nnnn2Cc2ccco2)n(C2CCS(=O)(=O)C2)n1. The van der Waals surface area contributed by atoms with E-state index in [-0.39, 0.29) is 29.2 Å². The van der Waals surface area contributed by atoms with Crippen molar-refractivity contribution >= 4 is 33.3 Å². The average molecular weight is 438 g/mol. The van der Waals surface area contributed by atoms with Crippen LogP contribution in [-0.2, 0) is 21.2 Å². The molecule has 0 saturated carbocycles. The van der Waals surface area contributed by atoms with E-state index in [0.717, 1.165) is 0 Å². The van der Waals surface area contributed by atoms with Crippen LogP contribution >= 0.6 is 11.8 Å². The number of carbonyl (C=O) groups excluding carboxylic acids is 1. The summed E-state index contributed by atoms with van der Waals surface area (Å²) in [5.41, 5.74) is 0.708. The minimum atomic E-state index is -3.06. The van der Waals surface area contributed by atoms with Gasteiger partial charge in [-0.3, -0.25) is 4.79 Å². The number of carbonyl (C=O) groups is 1. The highest BCUT2D eigenvalue weighted by atomic mass is 32.2. The summed E-state index contributed by atoms with van der Waals surface area (Å²) < 4.78 is 32.0. The van der Waals surface area contributed by atoms with Gasteiger partial charge >= 0.3 is 0 Å². The van der Waals surface area contributed by atoms with Gasteiger partial charge in [0.05, 0.1) is 35.3 Å². The molecule has 3 aromatic heterocycles. The molecule has 1 atom stereocenters. The Kier molecular flexibility index (Phi) is 5.41. The Morgan fingerprint density at radius 1 is 1.45 bits per heavy atom. The van der Waals surface area contributed by atoms with E-state index in [4.69, 9.17) is 4.42 Å². The van der Waals surface area contributed by atoms with Crippen LogP contribution in [0, 0.1) is 6.92 Å². The smallest absolute Gasteiger partial charge is 0.235 e. The number of anilines is 1. The molecule has 13 heteroatoms. The molecule has 0 bridgehead atoms. The van der Waals surface area contributed by atoms with Crippen molar-refractivity contribution < 1.29 is 17.6 Å². The van der Waals surface area contributed by atoms with E-state index >= 15 is 0 Å². The molecule has 1 unspecified atom stereocenters. The van der Waals surface area contributed by atoms with Gasteiger partial charge in [-0.2, -0.15) is 5.10 Å². The molecule has 0 aliphatic carbocycles. The van der Waals surface area contributed by atoms with Gasteiger partial charge in [0.2, 0.25) is 11.1 Å². The van der Waals surface area contributed by atoms with Crippen molar-refractivity contribution in [1.82, 2.24) is 30.0 Å². The molecular formula is C16H19N7O4S2. The molecule has 1 aliphatic heterocycles. The number of nitrogens with zero attached hydrogens (tertiary/aromatic N) is 6. The van der Waals surface area contributed by atoms with E-state index in [1.165, 1.54) is 11.8 Å². The summed E-state index contributed by atoms with van der Waals surface area (Å²) in [7, 11) is -3.06. The largest absolute Gasteiger partial charge is 0.467 e. The number of furan rings is 1. The number of amides is 1. The lowest BCUT2D eigenvalue weighted by molar-refractivity contribution is -0.113. The van der Waals surface area contributed by atoms with Gasteiger partial charge in [0, 0.05) is 6.07 Å². The lowest BCUT2D eigenvalue weighted by Crippen LogP contribution is -2.21. The molecule has 1 aliphatic rings. The Bertz CT molecular complexity index is 1100. The molecule has 4 heterocycles. The van der Waals surface area contributed by atoms with Gasteiger partial charge in [-0.05, 0) is 35.9 Å². The van der Waals surface area contributed by atoms with Crippen LogP contribution in [0.15, 0.2) is 34.0 Å². The van der Waals surface area contributed by atoms with Gasteiger partial charge in [-0.25, -0.2) is 17.8 Å². The number of sulfone groups is 1. The van der Waals surface area contributed by atoms with Crippen LogP contribution in [-0.4, -0.2) is 61.6 Å². The third-order valence-electron chi connectivity index (χ3n) is 4.40. The summed E-state index contributed by atoms with van der Waals surface area (Å²) in [5, 5.41) is 19.2. The molecule has 0 spiro atoms. The van der Waals surface area contributed by atoms with Crippen LogP contribution in [0.1, 0.15) is 23.9 Å². The molecule has 154 valence electrons. The topological polar surface area (TPSA) is 138 Å². The van der Waals surface area contributed by atoms with Crippen molar-refractivity contribution in [1.29, 1.82) is 0 Å². The van der Waals surface area contributed by atoms with Gasteiger partial charge in [0.25, 0.3) is 0 Å². The van der Waals surface area contributed by atoms with Gasteiger partial charge in [-0.15, -0.1) is 5.10 Å². The summed E-state index contributed by atoms with van der Waals surface area (Å²) in [4.78, 5) is 12.5. The van der Waals surface area contributed by atoms with Crippen LogP contribution in [0.4, 0.5) is 5.82 Å². The lowest BCUT2D eigenvalue weighted by Gasteiger charge is -2.13. The number of aromatic nitrogens is 6. The molecule has 0 radical (unpaired) electrons. The van der Waals surface area contributed by atoms with E-state index in [1.807, 2.05) is 6.07 Å². The maximum Gasteiger partial charge on any atom is 0.235 e. The second kappa shape index (κ2) is 7.99. The Morgan fingerprint density at radius 2 is 2.31 bits per heavy atom. The standard InChI is InChI=1S/C16H19N7O4S2/c1-11-7-14(23(19-11)12-4-6-29(25,26)10-12)17-15(24)9-28-16-18-20-21-22(16)8-13-3-2-5-27-13/h2-3,5,7,12H,4,6,8-10H2,1H3,(H,17,24). The molecule has 29 heavy (non-hydrogen) atoms. The van der Waals surface area contributed by atoms with Crippen LogP contribution in [0.25, 0.3) is 0 Å². The fraction of sp³-hybridized carbons (Fsp3) is 0.438. The van der Waals surface area contributed by atoms with Crippen molar-refractivity contribution in [3.8, 4) is 0 Å². The molecular weight excluding hydrogens is 418 g/mol. The van der Waals surface area contributed by atoms with Gasteiger partial charge < -0.3 is 9.73 Å². The first-order valence-electron chi connectivity index (χ1n) is 8.87. The minimum Gasteiger partial charge on any atom is -0.467 e. The highest BCUT2D eigenvalue weighted by molar-refractivity contribution is 7.99. The van der Waals surface area contributed by atoms with E-state index in [9.17, 15) is 13.2 Å². The third-order valence-corrected chi connectivity index (χ3v) is 7.10. The first kappa shape index (κ1) is 19.6. The molecule has 3 aromatic rings. The zero-order valence-corrected chi connectivity index (χ0v) is 17.2. The minimum absolute atomic E-state index is 0.0350. The fourth-order valence-electron chi connectivity index (χ4n) is 3.11. The number of hydrogen-bond acceptors (Lipinski definition) is 9. The second-order valence-electron chi connectivity index (χ2n) is 6.71. The number of aryl methyl sites for hydroxylation is 1. The summed E-state index contributed by atoms with van der Waals surface area (Å²) in [6.07, 6.45) is 2.06. The number of hydrogen-bond donors (Lipinski definition) is 1. The number of tetrazole rings is 1. The molecule has 1 N–H and O–H groups in total. The van der Waals surface area contributed by atoms with E-state index < -0.39 is 9.84 Å². The average Bonchev–Trinajstić information content (AvgIpc) is 3.43. The summed E-state index contributed by atoms with van der Waals surface area (Å²) in [6.45, 7) is 2.17. The summed E-state index contributed by atoms with van der Waals surface area (Å²) >= 11 is 1.20. The quantitative estimate of drug-likeness (QED) is 0.534. The maximum atomic E-state index is 12.5. The van der Waals surface area contributed by atoms with Crippen LogP contribution < -0.4 is 5.32 Å². The highest BCUT2D eigenvalue weighted by Gasteiger charge is 2.31. The second-order valence-corrected chi connectivity index (χ2v) is 9.88. The fourth-order valence-corrected chi connectivity index (χ4v) is 5.48. The first-order valence-corrected chi connectivity index (χ1v) is 11.7. The van der Waals surface area contributed by atoms with Crippen molar-refractivity contribution in [3.05, 3.63) is 35.9 Å². The van der Waals surface area contributed by atoms with Gasteiger partial charge in [-0.1, -0.05) is 11.8 Å². The van der Waals surface area contributed by atoms with Crippen molar-refractivity contribution in [2.45, 2.75) is 31.1 Å². The maximum absolute atomic E-state index is 12.5. The molecule has 1 amide bonds. The molecule has 1 fully saturated rings. The Morgan fingerprint density at radius 3 is 3.03 bits per heavy atom. The zero-order chi connectivity index (χ0) is 20.4. The lowest BCUT2D eigenvalue weighted by atomic mass is 10.3. The van der Waals surface area contributed by atoms with Crippen molar-refractivity contribution in [2.75, 3.05) is 22.6 Å². The van der Waals surface area contributed by atoms with Crippen molar-refractivity contribution in [2.24, 2.45) is 0 Å². The predicted molar refractivity (Wildman–Crippen MR) is 104 cm³/mol. The zero-order valence-electron chi connectivity index (χ0n) is 15.6. The van der Waals surface area contributed by atoms with E-state index in [2.05, 4.69) is 25.9 Å². The van der Waals surface area contributed by atoms with E-state index in [0.29, 0.717) is 35.4 Å². The number of rotatable bonds is 7. The predicted octanol–water partition coefficient (Wildman–Crippen LogP) is 0.910. The summed E-state index contributed by atoms with van der Waals surface area (Å²) in [6, 6.07) is 5.06. The van der Waals surface area contributed by atoms with E-state index in [1.54, 1.807) is 34.7 Å². The van der Waals surface area contributed by atoms with Crippen molar-refractivity contribution in [3.63, 3.8) is 0 Å². The molecule has 11 nitrogen and oxygen atoms in total. The number of thioether (sulfide) groups is 1. The molecule has 4 rings (SSSR count). The summed E-state index contributed by atoms with van der Waals surface area (Å²) in [5.74, 6) is 1.20. The normalized spacial score (nSPS) is 18.2. The third kappa shape index (κ3) is 4.67. The molecule has 1 saturated heterocycles. The van der Waals surface area contributed by atoms with Crippen LogP contribution in [0.3, 0.4) is 0 Å². The monoisotopic (exact) mass is 437 g/mol. The Balaban J connectivity index is 1.38. The van der Waals surface area contributed by atoms with Gasteiger partial charge in [0.1, 0.15) is 18.1 Å². The highest BCUT2D eigenvalue weighted by Crippen LogP contribution is 2.27.